The monoisotopic (exact) mass is 342 g/mol. The smallest absolute Gasteiger partial charge is 0.163 e. The third-order valence-electron chi connectivity index (χ3n) is 6.49. The fourth-order valence-corrected chi connectivity index (χ4v) is 5.51. The number of carbonyl (C=O) groups is 1. The number of nitrogen functional groups attached to an aromatic ring is 1. The molecule has 2 fully saturated rings. The van der Waals surface area contributed by atoms with Gasteiger partial charge < -0.3 is 15.4 Å². The van der Waals surface area contributed by atoms with Gasteiger partial charge in [0.1, 0.15) is 5.75 Å². The van der Waals surface area contributed by atoms with E-state index < -0.39 is 0 Å². The van der Waals surface area contributed by atoms with Gasteiger partial charge in [-0.1, -0.05) is 6.92 Å². The number of ketones is 1. The van der Waals surface area contributed by atoms with Crippen LogP contribution in [0.5, 0.6) is 5.75 Å². The summed E-state index contributed by atoms with van der Waals surface area (Å²) in [5.41, 5.74) is 8.47. The minimum atomic E-state index is 0.257. The van der Waals surface area contributed by atoms with Crippen molar-refractivity contribution in [3.63, 3.8) is 0 Å². The molecule has 0 bridgehead atoms. The lowest BCUT2D eigenvalue weighted by Crippen LogP contribution is -2.17. The number of hydrogen-bond donors (Lipinski definition) is 1. The molecule has 0 spiro atoms. The highest BCUT2D eigenvalue weighted by Gasteiger charge is 2.39. The molecule has 0 radical (unpaired) electrons. The fourth-order valence-electron chi connectivity index (χ4n) is 5.51. The molecule has 3 aliphatic rings. The Morgan fingerprint density at radius 1 is 1.32 bits per heavy atom. The van der Waals surface area contributed by atoms with Crippen LogP contribution in [-0.2, 0) is 6.42 Å². The highest BCUT2D eigenvalue weighted by Crippen LogP contribution is 2.44. The SMILES string of the molecule is CC(CC(=O)c1ccc(N)c2c1CCO2)CC1CC2CN(C)CC2C1. The van der Waals surface area contributed by atoms with E-state index in [4.69, 9.17) is 10.5 Å². The van der Waals surface area contributed by atoms with Gasteiger partial charge in [0, 0.05) is 37.1 Å². The third kappa shape index (κ3) is 3.29. The molecule has 0 aromatic heterocycles. The predicted octanol–water partition coefficient (Wildman–Crippen LogP) is 3.39. The molecular weight excluding hydrogens is 312 g/mol. The molecule has 1 saturated carbocycles. The van der Waals surface area contributed by atoms with E-state index in [1.807, 2.05) is 12.1 Å². The van der Waals surface area contributed by atoms with E-state index in [-0.39, 0.29) is 5.78 Å². The van der Waals surface area contributed by atoms with Crippen molar-refractivity contribution in [2.75, 3.05) is 32.5 Å². The Bertz CT molecular complexity index is 658. The molecule has 4 heteroatoms. The quantitative estimate of drug-likeness (QED) is 0.658. The number of nitrogens with zero attached hydrogens (tertiary/aromatic N) is 1. The Morgan fingerprint density at radius 3 is 2.76 bits per heavy atom. The summed E-state index contributed by atoms with van der Waals surface area (Å²) < 4.78 is 5.60. The van der Waals surface area contributed by atoms with Crippen LogP contribution < -0.4 is 10.5 Å². The lowest BCUT2D eigenvalue weighted by atomic mass is 9.87. The minimum Gasteiger partial charge on any atom is -0.491 e. The van der Waals surface area contributed by atoms with E-state index >= 15 is 0 Å². The zero-order valence-electron chi connectivity index (χ0n) is 15.5. The second-order valence-corrected chi connectivity index (χ2v) is 8.66. The summed E-state index contributed by atoms with van der Waals surface area (Å²) in [5, 5.41) is 0. The number of ether oxygens (including phenoxy) is 1. The van der Waals surface area contributed by atoms with Gasteiger partial charge >= 0.3 is 0 Å². The van der Waals surface area contributed by atoms with Crippen molar-refractivity contribution in [2.45, 2.75) is 39.0 Å². The molecule has 1 aliphatic carbocycles. The van der Waals surface area contributed by atoms with Gasteiger partial charge in [-0.3, -0.25) is 4.79 Å². The number of hydrogen-bond acceptors (Lipinski definition) is 4. The number of fused-ring (bicyclic) bond motifs is 2. The molecule has 136 valence electrons. The highest BCUT2D eigenvalue weighted by atomic mass is 16.5. The maximum Gasteiger partial charge on any atom is 0.163 e. The van der Waals surface area contributed by atoms with E-state index in [1.165, 1.54) is 32.4 Å². The van der Waals surface area contributed by atoms with Crippen LogP contribution in [0.25, 0.3) is 0 Å². The van der Waals surface area contributed by atoms with Crippen LogP contribution >= 0.6 is 0 Å². The molecule has 0 amide bonds. The van der Waals surface area contributed by atoms with Crippen LogP contribution in [-0.4, -0.2) is 37.4 Å². The second kappa shape index (κ2) is 6.64. The minimum absolute atomic E-state index is 0.257. The molecule has 2 aliphatic heterocycles. The van der Waals surface area contributed by atoms with E-state index in [2.05, 4.69) is 18.9 Å². The second-order valence-electron chi connectivity index (χ2n) is 8.66. The number of nitrogens with two attached hydrogens (primary N) is 1. The van der Waals surface area contributed by atoms with Gasteiger partial charge in [0.2, 0.25) is 0 Å². The molecule has 4 nitrogen and oxygen atoms in total. The van der Waals surface area contributed by atoms with Gasteiger partial charge in [0.25, 0.3) is 0 Å². The van der Waals surface area contributed by atoms with Crippen LogP contribution in [0, 0.1) is 23.7 Å². The molecule has 2 heterocycles. The number of carbonyl (C=O) groups excluding carboxylic acids is 1. The molecular formula is C21H30N2O2. The topological polar surface area (TPSA) is 55.6 Å². The van der Waals surface area contributed by atoms with Crippen LogP contribution in [0.15, 0.2) is 12.1 Å². The van der Waals surface area contributed by atoms with Gasteiger partial charge in [-0.25, -0.2) is 0 Å². The Kier molecular flexibility index (Phi) is 4.48. The Balaban J connectivity index is 1.35. The molecule has 25 heavy (non-hydrogen) atoms. The van der Waals surface area contributed by atoms with E-state index in [0.29, 0.717) is 24.6 Å². The van der Waals surface area contributed by atoms with Crippen molar-refractivity contribution in [3.05, 3.63) is 23.3 Å². The van der Waals surface area contributed by atoms with E-state index in [0.717, 1.165) is 41.1 Å². The summed E-state index contributed by atoms with van der Waals surface area (Å²) in [4.78, 5) is 15.3. The first kappa shape index (κ1) is 16.9. The van der Waals surface area contributed by atoms with Crippen LogP contribution in [0.1, 0.15) is 48.5 Å². The van der Waals surface area contributed by atoms with Crippen molar-refractivity contribution in [3.8, 4) is 5.75 Å². The standard InChI is InChI=1S/C21H30N2O2/c1-13(7-14-9-15-11-23(2)12-16(15)10-14)8-20(24)17-3-4-19(22)21-18(17)5-6-25-21/h3-4,13-16H,5-12,22H2,1-2H3. The van der Waals surface area contributed by atoms with Gasteiger partial charge in [-0.2, -0.15) is 0 Å². The van der Waals surface area contributed by atoms with Crippen molar-refractivity contribution in [2.24, 2.45) is 23.7 Å². The maximum atomic E-state index is 12.8. The molecule has 3 unspecified atom stereocenters. The molecule has 4 rings (SSSR count). The van der Waals surface area contributed by atoms with Gasteiger partial charge in [0.05, 0.1) is 12.3 Å². The molecule has 2 N–H and O–H groups in total. The van der Waals surface area contributed by atoms with Crippen LogP contribution in [0.3, 0.4) is 0 Å². The maximum absolute atomic E-state index is 12.8. The first-order chi connectivity index (χ1) is 12.0. The van der Waals surface area contributed by atoms with Crippen molar-refractivity contribution in [1.29, 1.82) is 0 Å². The summed E-state index contributed by atoms with van der Waals surface area (Å²) in [6.45, 7) is 5.42. The third-order valence-corrected chi connectivity index (χ3v) is 6.49. The largest absolute Gasteiger partial charge is 0.491 e. The summed E-state index contributed by atoms with van der Waals surface area (Å²) in [7, 11) is 2.24. The normalized spacial score (nSPS) is 29.3. The van der Waals surface area contributed by atoms with Crippen molar-refractivity contribution >= 4 is 11.5 Å². The van der Waals surface area contributed by atoms with E-state index in [1.54, 1.807) is 0 Å². The first-order valence-corrected chi connectivity index (χ1v) is 9.77. The zero-order chi connectivity index (χ0) is 17.6. The number of likely N-dealkylation sites (tertiary alicyclic amines) is 1. The summed E-state index contributed by atoms with van der Waals surface area (Å²) in [6, 6.07) is 3.71. The molecule has 1 saturated heterocycles. The number of anilines is 1. The predicted molar refractivity (Wildman–Crippen MR) is 100.0 cm³/mol. The molecule has 3 atom stereocenters. The lowest BCUT2D eigenvalue weighted by molar-refractivity contribution is 0.0957. The van der Waals surface area contributed by atoms with Crippen molar-refractivity contribution < 1.29 is 9.53 Å². The average molecular weight is 342 g/mol. The Morgan fingerprint density at radius 2 is 2.04 bits per heavy atom. The summed E-state index contributed by atoms with van der Waals surface area (Å²) in [6.07, 6.45) is 5.35. The number of Topliss-reactive ketones (excluding diaryl/α,β-unsaturated/α-hetero) is 1. The van der Waals surface area contributed by atoms with Gasteiger partial charge in [0.15, 0.2) is 5.78 Å². The molecule has 1 aromatic rings. The summed E-state index contributed by atoms with van der Waals surface area (Å²) in [5.74, 6) is 4.06. The fraction of sp³-hybridized carbons (Fsp3) is 0.667. The van der Waals surface area contributed by atoms with Gasteiger partial charge in [-0.15, -0.1) is 0 Å². The molecule has 1 aromatic carbocycles. The van der Waals surface area contributed by atoms with Crippen LogP contribution in [0.2, 0.25) is 0 Å². The Labute approximate surface area is 150 Å². The zero-order valence-corrected chi connectivity index (χ0v) is 15.5. The average Bonchev–Trinajstić information content (AvgIpc) is 3.22. The van der Waals surface area contributed by atoms with Crippen molar-refractivity contribution in [1.82, 2.24) is 4.90 Å². The lowest BCUT2D eigenvalue weighted by Gasteiger charge is -2.19. The van der Waals surface area contributed by atoms with E-state index in [9.17, 15) is 4.79 Å². The first-order valence-electron chi connectivity index (χ1n) is 9.77. The van der Waals surface area contributed by atoms with Crippen LogP contribution in [0.4, 0.5) is 5.69 Å². The van der Waals surface area contributed by atoms with Gasteiger partial charge in [-0.05, 0) is 62.1 Å². The number of benzene rings is 1. The Hall–Kier alpha value is -1.55. The summed E-state index contributed by atoms with van der Waals surface area (Å²) >= 11 is 0. The number of rotatable bonds is 5. The highest BCUT2D eigenvalue weighted by molar-refractivity contribution is 5.99.